The number of benzene rings is 1. The molecule has 4 N–H and O–H groups in total. The van der Waals surface area contributed by atoms with Gasteiger partial charge in [0.05, 0.1) is 5.56 Å². The van der Waals surface area contributed by atoms with Gasteiger partial charge in [-0.05, 0) is 0 Å². The maximum absolute atomic E-state index is 13.1. The second-order valence-corrected chi connectivity index (χ2v) is 3.19. The monoisotopic (exact) mass is 253 g/mol. The van der Waals surface area contributed by atoms with E-state index in [1.54, 1.807) is 0 Å². The predicted molar refractivity (Wildman–Crippen MR) is 46.8 cm³/mol. The third-order valence-electron chi connectivity index (χ3n) is 2.07. The van der Waals surface area contributed by atoms with Gasteiger partial charge in [0.2, 0.25) is 0 Å². The van der Waals surface area contributed by atoms with Gasteiger partial charge in [-0.3, -0.25) is 4.79 Å². The lowest BCUT2D eigenvalue weighted by atomic mass is 10.0. The molecule has 0 aliphatic rings. The highest BCUT2D eigenvalue weighted by Gasteiger charge is 2.32. The summed E-state index contributed by atoms with van der Waals surface area (Å²) in [5, 5.41) is 17.7. The number of halogens is 4. The molecule has 0 aliphatic heterocycles. The van der Waals surface area contributed by atoms with Crippen LogP contribution in [0.1, 0.15) is 11.7 Å². The molecule has 0 unspecified atom stereocenters. The topological polar surface area (TPSA) is 83.6 Å². The number of nitrogens with two attached hydrogens (primary N) is 1. The molecule has 0 bridgehead atoms. The lowest BCUT2D eigenvalue weighted by Crippen LogP contribution is -2.37. The molecular weight excluding hydrogens is 246 g/mol. The zero-order valence-electron chi connectivity index (χ0n) is 8.12. The van der Waals surface area contributed by atoms with Crippen molar-refractivity contribution in [3.63, 3.8) is 0 Å². The summed E-state index contributed by atoms with van der Waals surface area (Å²) in [7, 11) is 0. The van der Waals surface area contributed by atoms with Crippen LogP contribution in [0.15, 0.2) is 6.07 Å². The van der Waals surface area contributed by atoms with E-state index in [0.717, 1.165) is 0 Å². The Balaban J connectivity index is 3.35. The van der Waals surface area contributed by atoms with E-state index in [1.165, 1.54) is 0 Å². The normalized spacial score (nSPS) is 14.5. The standard InChI is InChI=1S/C9H7F4NO3/c10-2-1-3(11)6(13)4(5(2)12)8(15)7(14)9(16)17/h1,7-8,15H,14H2,(H,16,17)/t7-,8-/m0/s1. The molecule has 2 atom stereocenters. The molecule has 1 rings (SSSR count). The molecule has 1 aromatic rings. The van der Waals surface area contributed by atoms with E-state index in [0.29, 0.717) is 0 Å². The molecule has 0 aliphatic carbocycles. The van der Waals surface area contributed by atoms with E-state index >= 15 is 0 Å². The number of carbonyl (C=O) groups is 1. The summed E-state index contributed by atoms with van der Waals surface area (Å²) in [5.41, 5.74) is 3.46. The van der Waals surface area contributed by atoms with E-state index < -0.39 is 46.9 Å². The van der Waals surface area contributed by atoms with Gasteiger partial charge in [0.25, 0.3) is 0 Å². The first kappa shape index (κ1) is 13.4. The van der Waals surface area contributed by atoms with Crippen molar-refractivity contribution in [1.82, 2.24) is 0 Å². The molecule has 1 aromatic carbocycles. The second kappa shape index (κ2) is 4.68. The van der Waals surface area contributed by atoms with E-state index in [9.17, 15) is 27.5 Å². The molecule has 0 aromatic heterocycles. The van der Waals surface area contributed by atoms with Gasteiger partial charge in [0.15, 0.2) is 23.3 Å². The average Bonchev–Trinajstić information content (AvgIpc) is 2.25. The van der Waals surface area contributed by atoms with Gasteiger partial charge >= 0.3 is 5.97 Å². The third-order valence-corrected chi connectivity index (χ3v) is 2.07. The molecule has 0 saturated heterocycles. The van der Waals surface area contributed by atoms with Crippen molar-refractivity contribution in [2.45, 2.75) is 12.1 Å². The lowest BCUT2D eigenvalue weighted by molar-refractivity contribution is -0.141. The molecule has 0 fully saturated rings. The number of hydrogen-bond donors (Lipinski definition) is 3. The fourth-order valence-electron chi connectivity index (χ4n) is 1.17. The second-order valence-electron chi connectivity index (χ2n) is 3.19. The first-order valence-corrected chi connectivity index (χ1v) is 4.26. The van der Waals surface area contributed by atoms with E-state index in [4.69, 9.17) is 10.8 Å². The molecule has 0 heterocycles. The Labute approximate surface area is 92.3 Å². The fraction of sp³-hybridized carbons (Fsp3) is 0.222. The van der Waals surface area contributed by atoms with Crippen molar-refractivity contribution in [1.29, 1.82) is 0 Å². The summed E-state index contributed by atoms with van der Waals surface area (Å²) in [5.74, 6) is -9.05. The van der Waals surface area contributed by atoms with Gasteiger partial charge in [-0.25, -0.2) is 17.6 Å². The Morgan fingerprint density at radius 1 is 1.18 bits per heavy atom. The van der Waals surface area contributed by atoms with Crippen LogP contribution in [0.4, 0.5) is 17.6 Å². The Hall–Kier alpha value is -1.67. The summed E-state index contributed by atoms with van der Waals surface area (Å²) in [6.45, 7) is 0. The lowest BCUT2D eigenvalue weighted by Gasteiger charge is -2.17. The zero-order chi connectivity index (χ0) is 13.3. The first-order chi connectivity index (χ1) is 7.77. The van der Waals surface area contributed by atoms with Gasteiger partial charge in [-0.2, -0.15) is 0 Å². The highest BCUT2D eigenvalue weighted by atomic mass is 19.2. The van der Waals surface area contributed by atoms with Crippen LogP contribution in [0.25, 0.3) is 0 Å². The zero-order valence-corrected chi connectivity index (χ0v) is 8.12. The van der Waals surface area contributed by atoms with Crippen molar-refractivity contribution < 1.29 is 32.6 Å². The summed E-state index contributed by atoms with van der Waals surface area (Å²) in [4.78, 5) is 10.4. The minimum Gasteiger partial charge on any atom is -0.480 e. The molecule has 17 heavy (non-hydrogen) atoms. The molecule has 0 spiro atoms. The number of rotatable bonds is 3. The van der Waals surface area contributed by atoms with Crippen LogP contribution in [0, 0.1) is 23.3 Å². The van der Waals surface area contributed by atoms with E-state index in [2.05, 4.69) is 0 Å². The molecule has 4 nitrogen and oxygen atoms in total. The Morgan fingerprint density at radius 3 is 1.94 bits per heavy atom. The van der Waals surface area contributed by atoms with Crippen LogP contribution >= 0.6 is 0 Å². The smallest absolute Gasteiger partial charge is 0.323 e. The highest BCUT2D eigenvalue weighted by molar-refractivity contribution is 5.74. The Bertz CT molecular complexity index is 440. The van der Waals surface area contributed by atoms with Crippen LogP contribution in [0.5, 0.6) is 0 Å². The summed E-state index contributed by atoms with van der Waals surface area (Å²) in [6.07, 6.45) is -2.40. The minimum atomic E-state index is -2.40. The van der Waals surface area contributed by atoms with Crippen LogP contribution in [0.2, 0.25) is 0 Å². The maximum atomic E-state index is 13.1. The third kappa shape index (κ3) is 2.37. The molecular formula is C9H7F4NO3. The van der Waals surface area contributed by atoms with Gasteiger partial charge in [0.1, 0.15) is 12.1 Å². The highest BCUT2D eigenvalue weighted by Crippen LogP contribution is 2.26. The van der Waals surface area contributed by atoms with Gasteiger partial charge in [-0.1, -0.05) is 0 Å². The van der Waals surface area contributed by atoms with Gasteiger partial charge in [0, 0.05) is 6.07 Å². The predicted octanol–water partition coefficient (Wildman–Crippen LogP) is 0.688. The van der Waals surface area contributed by atoms with Crippen LogP contribution in [-0.2, 0) is 4.79 Å². The molecule has 8 heteroatoms. The number of carboxylic acid groups (broad SMARTS) is 1. The average molecular weight is 253 g/mol. The van der Waals surface area contributed by atoms with Gasteiger partial charge < -0.3 is 15.9 Å². The van der Waals surface area contributed by atoms with Crippen molar-refractivity contribution in [3.05, 3.63) is 34.9 Å². The molecule has 0 saturated carbocycles. The largest absolute Gasteiger partial charge is 0.480 e. The molecule has 0 amide bonds. The number of aliphatic hydroxyl groups excluding tert-OH is 1. The molecule has 94 valence electrons. The van der Waals surface area contributed by atoms with Gasteiger partial charge in [-0.15, -0.1) is 0 Å². The van der Waals surface area contributed by atoms with E-state index in [1.807, 2.05) is 0 Å². The van der Waals surface area contributed by atoms with Crippen molar-refractivity contribution in [2.75, 3.05) is 0 Å². The van der Waals surface area contributed by atoms with Crippen molar-refractivity contribution in [3.8, 4) is 0 Å². The quantitative estimate of drug-likeness (QED) is 0.546. The number of aliphatic hydroxyl groups is 1. The van der Waals surface area contributed by atoms with Crippen LogP contribution in [0.3, 0.4) is 0 Å². The number of hydrogen-bond acceptors (Lipinski definition) is 3. The Morgan fingerprint density at radius 2 is 1.59 bits per heavy atom. The number of aliphatic carboxylic acids is 1. The summed E-state index contributed by atoms with van der Waals surface area (Å²) >= 11 is 0. The number of carboxylic acids is 1. The van der Waals surface area contributed by atoms with Crippen LogP contribution < -0.4 is 5.73 Å². The van der Waals surface area contributed by atoms with Crippen molar-refractivity contribution >= 4 is 5.97 Å². The summed E-state index contributed by atoms with van der Waals surface area (Å²) < 4.78 is 51.8. The fourth-order valence-corrected chi connectivity index (χ4v) is 1.17. The SMILES string of the molecule is N[C@H](C(=O)O)[C@@H](O)c1c(F)c(F)cc(F)c1F. The minimum absolute atomic E-state index is 0.0623. The van der Waals surface area contributed by atoms with E-state index in [-0.39, 0.29) is 6.07 Å². The molecule has 0 radical (unpaired) electrons. The maximum Gasteiger partial charge on any atom is 0.323 e. The Kier molecular flexibility index (Phi) is 3.69. The van der Waals surface area contributed by atoms with Crippen LogP contribution in [-0.4, -0.2) is 22.2 Å². The first-order valence-electron chi connectivity index (χ1n) is 4.26. The van der Waals surface area contributed by atoms with Crippen molar-refractivity contribution in [2.24, 2.45) is 5.73 Å². The summed E-state index contributed by atoms with van der Waals surface area (Å²) in [6, 6.07) is -2.17.